The third-order valence-electron chi connectivity index (χ3n) is 4.62. The summed E-state index contributed by atoms with van der Waals surface area (Å²) in [5, 5.41) is 6.06. The average Bonchev–Trinajstić information content (AvgIpc) is 2.95. The van der Waals surface area contributed by atoms with E-state index in [1.54, 1.807) is 7.11 Å². The molecule has 0 aromatic heterocycles. The Kier molecular flexibility index (Phi) is 6.64. The Balaban J connectivity index is 1.95. The Labute approximate surface area is 144 Å². The van der Waals surface area contributed by atoms with Gasteiger partial charge in [0.1, 0.15) is 5.75 Å². The van der Waals surface area contributed by atoms with E-state index in [0.29, 0.717) is 19.3 Å². The van der Waals surface area contributed by atoms with Gasteiger partial charge in [0.15, 0.2) is 0 Å². The molecule has 0 saturated carbocycles. The van der Waals surface area contributed by atoms with Crippen molar-refractivity contribution in [2.75, 3.05) is 13.7 Å². The van der Waals surface area contributed by atoms with Crippen LogP contribution in [0, 0.1) is 0 Å². The van der Waals surface area contributed by atoms with Crippen LogP contribution in [0.4, 0.5) is 0 Å². The molecule has 132 valence electrons. The van der Waals surface area contributed by atoms with Gasteiger partial charge in [0, 0.05) is 24.9 Å². The first-order valence-electron chi connectivity index (χ1n) is 8.77. The molecule has 1 aliphatic rings. The standard InChI is InChI=1S/C19H28N2O3/c1-3-4-13-20-17(22)9-11-19(12-10-18(23)21-19)14-15-5-7-16(24-2)8-6-15/h5-8H,3-4,9-14H2,1-2H3,(H,20,22)(H,21,23). The molecule has 0 aliphatic carbocycles. The zero-order valence-corrected chi connectivity index (χ0v) is 14.7. The maximum atomic E-state index is 12.0. The molecule has 5 heteroatoms. The minimum absolute atomic E-state index is 0.0682. The maximum absolute atomic E-state index is 12.0. The lowest BCUT2D eigenvalue weighted by atomic mass is 9.85. The number of amides is 2. The largest absolute Gasteiger partial charge is 0.497 e. The van der Waals surface area contributed by atoms with Gasteiger partial charge < -0.3 is 15.4 Å². The second-order valence-corrected chi connectivity index (χ2v) is 6.56. The Bertz CT molecular complexity index is 556. The predicted octanol–water partition coefficient (Wildman–Crippen LogP) is 2.58. The van der Waals surface area contributed by atoms with E-state index in [2.05, 4.69) is 17.6 Å². The molecule has 2 rings (SSSR count). The van der Waals surface area contributed by atoms with Gasteiger partial charge in [0.05, 0.1) is 7.11 Å². The summed E-state index contributed by atoms with van der Waals surface area (Å²) in [7, 11) is 1.64. The fraction of sp³-hybridized carbons (Fsp3) is 0.579. The Morgan fingerprint density at radius 2 is 2.08 bits per heavy atom. The lowest BCUT2D eigenvalue weighted by Gasteiger charge is -2.29. The van der Waals surface area contributed by atoms with E-state index in [0.717, 1.165) is 43.5 Å². The van der Waals surface area contributed by atoms with Crippen molar-refractivity contribution < 1.29 is 14.3 Å². The van der Waals surface area contributed by atoms with Crippen LogP contribution < -0.4 is 15.4 Å². The number of carbonyl (C=O) groups excluding carboxylic acids is 2. The number of nitrogens with one attached hydrogen (secondary N) is 2. The third-order valence-corrected chi connectivity index (χ3v) is 4.62. The summed E-state index contributed by atoms with van der Waals surface area (Å²) in [6.45, 7) is 2.83. The molecule has 1 saturated heterocycles. The molecule has 24 heavy (non-hydrogen) atoms. The number of rotatable bonds is 9. The van der Waals surface area contributed by atoms with Gasteiger partial charge >= 0.3 is 0 Å². The van der Waals surface area contributed by atoms with Gasteiger partial charge in [-0.15, -0.1) is 0 Å². The van der Waals surface area contributed by atoms with E-state index < -0.39 is 0 Å². The van der Waals surface area contributed by atoms with Gasteiger partial charge in [-0.2, -0.15) is 0 Å². The topological polar surface area (TPSA) is 67.4 Å². The Morgan fingerprint density at radius 1 is 1.33 bits per heavy atom. The SMILES string of the molecule is CCCCNC(=O)CCC1(Cc2ccc(OC)cc2)CCC(=O)N1. The van der Waals surface area contributed by atoms with Crippen molar-refractivity contribution in [1.29, 1.82) is 0 Å². The molecule has 0 radical (unpaired) electrons. The first-order valence-corrected chi connectivity index (χ1v) is 8.77. The second-order valence-electron chi connectivity index (χ2n) is 6.56. The highest BCUT2D eigenvalue weighted by Gasteiger charge is 2.37. The van der Waals surface area contributed by atoms with Gasteiger partial charge in [-0.05, 0) is 43.4 Å². The van der Waals surface area contributed by atoms with Crippen LogP contribution in [0.25, 0.3) is 0 Å². The summed E-state index contributed by atoms with van der Waals surface area (Å²) < 4.78 is 5.18. The molecular formula is C19H28N2O3. The molecule has 1 aromatic carbocycles. The van der Waals surface area contributed by atoms with Crippen LogP contribution in [-0.4, -0.2) is 31.0 Å². The van der Waals surface area contributed by atoms with Crippen LogP contribution >= 0.6 is 0 Å². The molecule has 1 fully saturated rings. The molecule has 0 spiro atoms. The van der Waals surface area contributed by atoms with E-state index in [-0.39, 0.29) is 17.4 Å². The summed E-state index contributed by atoms with van der Waals surface area (Å²) in [6, 6.07) is 7.90. The highest BCUT2D eigenvalue weighted by molar-refractivity contribution is 5.80. The molecule has 2 N–H and O–H groups in total. The van der Waals surface area contributed by atoms with Gasteiger partial charge in [0.25, 0.3) is 0 Å². The van der Waals surface area contributed by atoms with Crippen LogP contribution in [-0.2, 0) is 16.0 Å². The minimum Gasteiger partial charge on any atom is -0.497 e. The maximum Gasteiger partial charge on any atom is 0.220 e. The molecule has 2 amide bonds. The van der Waals surface area contributed by atoms with Crippen LogP contribution in [0.2, 0.25) is 0 Å². The number of unbranched alkanes of at least 4 members (excludes halogenated alkanes) is 1. The highest BCUT2D eigenvalue weighted by Crippen LogP contribution is 2.30. The third kappa shape index (κ3) is 5.25. The summed E-state index contributed by atoms with van der Waals surface area (Å²) in [6.07, 6.45) is 5.23. The number of hydrogen-bond acceptors (Lipinski definition) is 3. The summed E-state index contributed by atoms with van der Waals surface area (Å²) in [5.41, 5.74) is 0.831. The van der Waals surface area contributed by atoms with Crippen LogP contribution in [0.1, 0.15) is 51.0 Å². The number of ether oxygens (including phenoxy) is 1. The Morgan fingerprint density at radius 3 is 2.67 bits per heavy atom. The molecule has 5 nitrogen and oxygen atoms in total. The molecule has 1 aliphatic heterocycles. The predicted molar refractivity (Wildman–Crippen MR) is 94.0 cm³/mol. The van der Waals surface area contributed by atoms with Gasteiger partial charge in [0.2, 0.25) is 11.8 Å². The molecular weight excluding hydrogens is 304 g/mol. The normalized spacial score (nSPS) is 19.8. The van der Waals surface area contributed by atoms with E-state index in [1.807, 2.05) is 24.3 Å². The number of methoxy groups -OCH3 is 1. The lowest BCUT2D eigenvalue weighted by Crippen LogP contribution is -2.44. The first-order chi connectivity index (χ1) is 11.6. The Hall–Kier alpha value is -2.04. The van der Waals surface area contributed by atoms with Crippen molar-refractivity contribution in [3.8, 4) is 5.75 Å². The number of carbonyl (C=O) groups is 2. The zero-order valence-electron chi connectivity index (χ0n) is 14.7. The fourth-order valence-electron chi connectivity index (χ4n) is 3.16. The summed E-state index contributed by atoms with van der Waals surface area (Å²) in [4.78, 5) is 23.8. The summed E-state index contributed by atoms with van der Waals surface area (Å²) >= 11 is 0. The molecule has 1 aromatic rings. The van der Waals surface area contributed by atoms with E-state index in [9.17, 15) is 9.59 Å². The second kappa shape index (κ2) is 8.71. The van der Waals surface area contributed by atoms with E-state index in [1.165, 1.54) is 0 Å². The van der Waals surface area contributed by atoms with E-state index >= 15 is 0 Å². The molecule has 1 heterocycles. The quantitative estimate of drug-likeness (QED) is 0.683. The van der Waals surface area contributed by atoms with Crippen molar-refractivity contribution >= 4 is 11.8 Å². The number of benzene rings is 1. The van der Waals surface area contributed by atoms with Crippen LogP contribution in [0.5, 0.6) is 5.75 Å². The average molecular weight is 332 g/mol. The first kappa shape index (κ1) is 18.3. The highest BCUT2D eigenvalue weighted by atomic mass is 16.5. The molecule has 1 atom stereocenters. The van der Waals surface area contributed by atoms with E-state index in [4.69, 9.17) is 4.74 Å². The molecule has 1 unspecified atom stereocenters. The monoisotopic (exact) mass is 332 g/mol. The summed E-state index contributed by atoms with van der Waals surface area (Å²) in [5.74, 6) is 0.965. The van der Waals surface area contributed by atoms with Crippen molar-refractivity contribution in [3.05, 3.63) is 29.8 Å². The molecule has 0 bridgehead atoms. The number of hydrogen-bond donors (Lipinski definition) is 2. The van der Waals surface area contributed by atoms with Crippen molar-refractivity contribution in [1.82, 2.24) is 10.6 Å². The van der Waals surface area contributed by atoms with Crippen LogP contribution in [0.15, 0.2) is 24.3 Å². The van der Waals surface area contributed by atoms with Crippen molar-refractivity contribution in [3.63, 3.8) is 0 Å². The van der Waals surface area contributed by atoms with Gasteiger partial charge in [-0.25, -0.2) is 0 Å². The van der Waals surface area contributed by atoms with Gasteiger partial charge in [-0.3, -0.25) is 9.59 Å². The lowest BCUT2D eigenvalue weighted by molar-refractivity contribution is -0.122. The van der Waals surface area contributed by atoms with Crippen molar-refractivity contribution in [2.45, 2.75) is 57.4 Å². The fourth-order valence-corrected chi connectivity index (χ4v) is 3.16. The zero-order chi connectivity index (χ0) is 17.4. The van der Waals surface area contributed by atoms with Gasteiger partial charge in [-0.1, -0.05) is 25.5 Å². The van der Waals surface area contributed by atoms with Crippen molar-refractivity contribution in [2.24, 2.45) is 0 Å². The van der Waals surface area contributed by atoms with Crippen LogP contribution in [0.3, 0.4) is 0 Å². The minimum atomic E-state index is -0.312. The smallest absolute Gasteiger partial charge is 0.220 e.